The van der Waals surface area contributed by atoms with Crippen molar-refractivity contribution < 1.29 is 0 Å². The third kappa shape index (κ3) is 1.35. The van der Waals surface area contributed by atoms with Gasteiger partial charge in [0, 0.05) is 13.1 Å². The fourth-order valence-electron chi connectivity index (χ4n) is 2.61. The molecule has 0 amide bonds. The fraction of sp³-hybridized carbons (Fsp3) is 0.462. The monoisotopic (exact) mass is 215 g/mol. The van der Waals surface area contributed by atoms with Gasteiger partial charge in [-0.25, -0.2) is 4.98 Å². The Morgan fingerprint density at radius 2 is 2.00 bits per heavy atom. The Morgan fingerprint density at radius 1 is 1.25 bits per heavy atom. The number of fused-ring (bicyclic) bond motifs is 1. The lowest BCUT2D eigenvalue weighted by Gasteiger charge is -2.38. The molecule has 3 heteroatoms. The number of imidazole rings is 1. The van der Waals surface area contributed by atoms with Crippen molar-refractivity contribution in [3.05, 3.63) is 29.6 Å². The number of hydrogen-bond donors (Lipinski definition) is 0. The Kier molecular flexibility index (Phi) is 2.04. The molecular weight excluding hydrogens is 198 g/mol. The first kappa shape index (κ1) is 9.85. The summed E-state index contributed by atoms with van der Waals surface area (Å²) in [6, 6.07) is 7.10. The summed E-state index contributed by atoms with van der Waals surface area (Å²) >= 11 is 0. The van der Waals surface area contributed by atoms with Crippen LogP contribution in [0.5, 0.6) is 0 Å². The molecule has 0 bridgehead atoms. The maximum Gasteiger partial charge on any atom is 0.107 e. The van der Waals surface area contributed by atoms with Crippen LogP contribution in [0.4, 0.5) is 0 Å². The van der Waals surface area contributed by atoms with Crippen LogP contribution in [-0.2, 0) is 0 Å². The highest BCUT2D eigenvalue weighted by molar-refractivity contribution is 5.77. The number of benzene rings is 1. The van der Waals surface area contributed by atoms with Gasteiger partial charge in [-0.05, 0) is 38.6 Å². The first-order valence-corrected chi connectivity index (χ1v) is 5.79. The van der Waals surface area contributed by atoms with E-state index in [2.05, 4.69) is 53.5 Å². The lowest BCUT2D eigenvalue weighted by atomic mass is 10.1. The molecule has 1 aromatic carbocycles. The van der Waals surface area contributed by atoms with Crippen LogP contribution >= 0.6 is 0 Å². The van der Waals surface area contributed by atoms with Gasteiger partial charge < -0.3 is 9.47 Å². The second-order valence-corrected chi connectivity index (χ2v) is 4.90. The van der Waals surface area contributed by atoms with Crippen LogP contribution in [-0.4, -0.2) is 34.6 Å². The van der Waals surface area contributed by atoms with Gasteiger partial charge in [-0.3, -0.25) is 0 Å². The van der Waals surface area contributed by atoms with E-state index >= 15 is 0 Å². The van der Waals surface area contributed by atoms with Crippen molar-refractivity contribution in [2.75, 3.05) is 20.1 Å². The molecule has 1 aliphatic rings. The average molecular weight is 215 g/mol. The number of likely N-dealkylation sites (tertiary alicyclic amines) is 1. The van der Waals surface area contributed by atoms with Gasteiger partial charge in [0.15, 0.2) is 0 Å². The van der Waals surface area contributed by atoms with Gasteiger partial charge in [0.05, 0.1) is 17.1 Å². The van der Waals surface area contributed by atoms with E-state index < -0.39 is 0 Å². The number of aromatic nitrogens is 2. The Labute approximate surface area is 95.7 Å². The molecule has 0 atom stereocenters. The second-order valence-electron chi connectivity index (χ2n) is 4.90. The van der Waals surface area contributed by atoms with E-state index in [1.54, 1.807) is 0 Å². The Bertz CT molecular complexity index is 535. The molecule has 1 aromatic heterocycles. The Morgan fingerprint density at radius 3 is 2.69 bits per heavy atom. The summed E-state index contributed by atoms with van der Waals surface area (Å²) in [6.07, 6.45) is 0. The SMILES string of the molecule is Cc1ccc2nc(C)n(C3CN(C)C3)c2c1. The molecule has 1 saturated heterocycles. The second kappa shape index (κ2) is 3.32. The molecule has 2 heterocycles. The maximum atomic E-state index is 4.63. The van der Waals surface area contributed by atoms with Crippen molar-refractivity contribution >= 4 is 11.0 Å². The quantitative estimate of drug-likeness (QED) is 0.726. The standard InChI is InChI=1S/C13H17N3/c1-9-4-5-12-13(6-9)16(10(2)14-12)11-7-15(3)8-11/h4-6,11H,7-8H2,1-3H3. The summed E-state index contributed by atoms with van der Waals surface area (Å²) < 4.78 is 2.39. The molecule has 0 aliphatic carbocycles. The number of likely N-dealkylation sites (N-methyl/N-ethyl adjacent to an activating group) is 1. The minimum absolute atomic E-state index is 0.608. The zero-order valence-electron chi connectivity index (χ0n) is 10.1. The predicted molar refractivity (Wildman–Crippen MR) is 65.7 cm³/mol. The predicted octanol–water partition coefficient (Wildman–Crippen LogP) is 2.14. The van der Waals surface area contributed by atoms with E-state index in [4.69, 9.17) is 0 Å². The van der Waals surface area contributed by atoms with Crippen molar-refractivity contribution in [2.45, 2.75) is 19.9 Å². The summed E-state index contributed by atoms with van der Waals surface area (Å²) in [5.41, 5.74) is 3.72. The number of aryl methyl sites for hydroxylation is 2. The molecule has 84 valence electrons. The van der Waals surface area contributed by atoms with Crippen LogP contribution in [0.25, 0.3) is 11.0 Å². The van der Waals surface area contributed by atoms with Crippen molar-refractivity contribution in [1.82, 2.24) is 14.5 Å². The number of hydrogen-bond acceptors (Lipinski definition) is 2. The van der Waals surface area contributed by atoms with Gasteiger partial charge in [0.1, 0.15) is 5.82 Å². The van der Waals surface area contributed by atoms with Gasteiger partial charge in [-0.1, -0.05) is 6.07 Å². The largest absolute Gasteiger partial charge is 0.322 e. The molecule has 0 radical (unpaired) electrons. The van der Waals surface area contributed by atoms with E-state index in [9.17, 15) is 0 Å². The van der Waals surface area contributed by atoms with Crippen molar-refractivity contribution in [3.8, 4) is 0 Å². The summed E-state index contributed by atoms with van der Waals surface area (Å²) in [4.78, 5) is 6.97. The zero-order valence-corrected chi connectivity index (χ0v) is 10.1. The van der Waals surface area contributed by atoms with Crippen LogP contribution in [0.2, 0.25) is 0 Å². The average Bonchev–Trinajstić information content (AvgIpc) is 2.49. The molecular formula is C13H17N3. The third-order valence-electron chi connectivity index (χ3n) is 3.43. The van der Waals surface area contributed by atoms with E-state index in [-0.39, 0.29) is 0 Å². The normalized spacial score (nSPS) is 17.9. The summed E-state index contributed by atoms with van der Waals surface area (Å²) in [7, 11) is 2.16. The molecule has 0 spiro atoms. The van der Waals surface area contributed by atoms with Crippen LogP contribution in [0.3, 0.4) is 0 Å². The highest BCUT2D eigenvalue weighted by atomic mass is 15.3. The molecule has 1 aliphatic heterocycles. The topological polar surface area (TPSA) is 21.1 Å². The molecule has 2 aromatic rings. The first-order chi connectivity index (χ1) is 7.65. The van der Waals surface area contributed by atoms with Gasteiger partial charge in [0.2, 0.25) is 0 Å². The van der Waals surface area contributed by atoms with Crippen molar-refractivity contribution in [2.24, 2.45) is 0 Å². The lowest BCUT2D eigenvalue weighted by molar-refractivity contribution is 0.142. The molecule has 3 rings (SSSR count). The number of rotatable bonds is 1. The third-order valence-corrected chi connectivity index (χ3v) is 3.43. The minimum atomic E-state index is 0.608. The maximum absolute atomic E-state index is 4.63. The van der Waals surface area contributed by atoms with Crippen LogP contribution in [0.15, 0.2) is 18.2 Å². The Hall–Kier alpha value is -1.35. The zero-order chi connectivity index (χ0) is 11.3. The van der Waals surface area contributed by atoms with Gasteiger partial charge in [-0.15, -0.1) is 0 Å². The van der Waals surface area contributed by atoms with Crippen molar-refractivity contribution in [3.63, 3.8) is 0 Å². The molecule has 0 N–H and O–H groups in total. The summed E-state index contributed by atoms with van der Waals surface area (Å²) in [5, 5.41) is 0. The molecule has 16 heavy (non-hydrogen) atoms. The summed E-state index contributed by atoms with van der Waals surface area (Å²) in [6.45, 7) is 6.52. The van der Waals surface area contributed by atoms with Crippen LogP contribution in [0, 0.1) is 13.8 Å². The van der Waals surface area contributed by atoms with Gasteiger partial charge in [0.25, 0.3) is 0 Å². The minimum Gasteiger partial charge on any atom is -0.322 e. The van der Waals surface area contributed by atoms with Crippen LogP contribution < -0.4 is 0 Å². The van der Waals surface area contributed by atoms with Crippen molar-refractivity contribution in [1.29, 1.82) is 0 Å². The highest BCUT2D eigenvalue weighted by Crippen LogP contribution is 2.27. The van der Waals surface area contributed by atoms with E-state index in [0.29, 0.717) is 6.04 Å². The smallest absolute Gasteiger partial charge is 0.107 e. The Balaban J connectivity index is 2.15. The molecule has 0 unspecified atom stereocenters. The first-order valence-electron chi connectivity index (χ1n) is 5.79. The molecule has 1 fully saturated rings. The van der Waals surface area contributed by atoms with Gasteiger partial charge >= 0.3 is 0 Å². The van der Waals surface area contributed by atoms with E-state index in [0.717, 1.165) is 24.4 Å². The van der Waals surface area contributed by atoms with Crippen LogP contribution in [0.1, 0.15) is 17.4 Å². The molecule has 3 nitrogen and oxygen atoms in total. The lowest BCUT2D eigenvalue weighted by Crippen LogP contribution is -2.45. The van der Waals surface area contributed by atoms with E-state index in [1.807, 2.05) is 0 Å². The molecule has 0 saturated carbocycles. The number of nitrogens with zero attached hydrogens (tertiary/aromatic N) is 3. The highest BCUT2D eigenvalue weighted by Gasteiger charge is 2.27. The van der Waals surface area contributed by atoms with Gasteiger partial charge in [-0.2, -0.15) is 0 Å². The van der Waals surface area contributed by atoms with E-state index in [1.165, 1.54) is 11.1 Å². The summed E-state index contributed by atoms with van der Waals surface area (Å²) in [5.74, 6) is 1.14. The fourth-order valence-corrected chi connectivity index (χ4v) is 2.61.